The van der Waals surface area contributed by atoms with Crippen LogP contribution < -0.4 is 0 Å². The molecular formula is C53H96NO7+. The summed E-state index contributed by atoms with van der Waals surface area (Å²) < 4.78 is 17.3. The third-order valence-electron chi connectivity index (χ3n) is 11.2. The summed E-state index contributed by atoms with van der Waals surface area (Å²) in [5.74, 6) is -1.49. The number of hydrogen-bond acceptors (Lipinski definition) is 6. The minimum atomic E-state index is -0.878. The maximum absolute atomic E-state index is 12.8. The van der Waals surface area contributed by atoms with Crippen LogP contribution in [0.4, 0.5) is 0 Å². The van der Waals surface area contributed by atoms with Crippen molar-refractivity contribution >= 4 is 17.9 Å². The Morgan fingerprint density at radius 1 is 0.508 bits per heavy atom. The molecular weight excluding hydrogens is 763 g/mol. The van der Waals surface area contributed by atoms with E-state index >= 15 is 0 Å². The molecule has 0 aromatic heterocycles. The van der Waals surface area contributed by atoms with Gasteiger partial charge in [0.25, 0.3) is 0 Å². The fourth-order valence-corrected chi connectivity index (χ4v) is 7.29. The van der Waals surface area contributed by atoms with Crippen LogP contribution in [-0.4, -0.2) is 80.6 Å². The van der Waals surface area contributed by atoms with Crippen LogP contribution in [-0.2, 0) is 28.6 Å². The predicted octanol–water partition coefficient (Wildman–Crippen LogP) is 14.4. The van der Waals surface area contributed by atoms with Crippen LogP contribution in [0.3, 0.4) is 0 Å². The fourth-order valence-electron chi connectivity index (χ4n) is 7.29. The number of likely N-dealkylation sites (N-methyl/N-ethyl adjacent to an activating group) is 1. The van der Waals surface area contributed by atoms with Crippen LogP contribution in [0.5, 0.6) is 0 Å². The van der Waals surface area contributed by atoms with E-state index in [0.29, 0.717) is 19.3 Å². The zero-order chi connectivity index (χ0) is 44.9. The molecule has 0 aromatic rings. The number of carboxylic acid groups (broad SMARTS) is 1. The van der Waals surface area contributed by atoms with Crippen molar-refractivity contribution in [1.29, 1.82) is 0 Å². The zero-order valence-corrected chi connectivity index (χ0v) is 40.4. The molecule has 2 atom stereocenters. The highest BCUT2D eigenvalue weighted by Gasteiger charge is 2.31. The molecule has 0 radical (unpaired) electrons. The molecule has 0 aromatic carbocycles. The number of esters is 2. The molecule has 0 aliphatic rings. The minimum absolute atomic E-state index is 0.0538. The van der Waals surface area contributed by atoms with Crippen molar-refractivity contribution in [1.82, 2.24) is 0 Å². The maximum Gasteiger partial charge on any atom is 0.362 e. The van der Waals surface area contributed by atoms with Gasteiger partial charge in [0.2, 0.25) is 0 Å². The van der Waals surface area contributed by atoms with Crippen molar-refractivity contribution in [3.05, 3.63) is 48.6 Å². The van der Waals surface area contributed by atoms with Gasteiger partial charge in [-0.3, -0.25) is 9.59 Å². The van der Waals surface area contributed by atoms with E-state index in [-0.39, 0.29) is 36.2 Å². The highest BCUT2D eigenvalue weighted by atomic mass is 16.6. The molecule has 8 nitrogen and oxygen atoms in total. The van der Waals surface area contributed by atoms with E-state index in [1.165, 1.54) is 122 Å². The van der Waals surface area contributed by atoms with Crippen LogP contribution in [0, 0.1) is 0 Å². The number of quaternary nitrogens is 1. The van der Waals surface area contributed by atoms with Gasteiger partial charge in [0.1, 0.15) is 6.61 Å². The van der Waals surface area contributed by atoms with E-state index < -0.39 is 18.1 Å². The highest BCUT2D eigenvalue weighted by Crippen LogP contribution is 2.14. The Morgan fingerprint density at radius 2 is 0.918 bits per heavy atom. The zero-order valence-electron chi connectivity index (χ0n) is 40.4. The summed E-state index contributed by atoms with van der Waals surface area (Å²) in [6.07, 6.45) is 53.0. The molecule has 0 bridgehead atoms. The number of nitrogens with zero attached hydrogens (tertiary/aromatic N) is 1. The van der Waals surface area contributed by atoms with E-state index in [1.807, 2.05) is 21.1 Å². The van der Waals surface area contributed by atoms with Crippen molar-refractivity contribution < 1.29 is 38.2 Å². The van der Waals surface area contributed by atoms with Crippen molar-refractivity contribution in [2.24, 2.45) is 0 Å². The first-order chi connectivity index (χ1) is 29.6. The number of rotatable bonds is 45. The van der Waals surface area contributed by atoms with Crippen molar-refractivity contribution in [3.63, 3.8) is 0 Å². The number of unbranched alkanes of at least 4 members (excludes halogenated alkanes) is 24. The van der Waals surface area contributed by atoms with Gasteiger partial charge in [0.05, 0.1) is 34.4 Å². The van der Waals surface area contributed by atoms with E-state index in [0.717, 1.165) is 64.2 Å². The second kappa shape index (κ2) is 43.9. The third kappa shape index (κ3) is 42.4. The average Bonchev–Trinajstić information content (AvgIpc) is 3.22. The van der Waals surface area contributed by atoms with Gasteiger partial charge in [-0.2, -0.15) is 0 Å². The second-order valence-electron chi connectivity index (χ2n) is 18.1. The van der Waals surface area contributed by atoms with Gasteiger partial charge in [-0.15, -0.1) is 0 Å². The quantitative estimate of drug-likeness (QED) is 0.0214. The summed E-state index contributed by atoms with van der Waals surface area (Å²) in [4.78, 5) is 37.1. The highest BCUT2D eigenvalue weighted by molar-refractivity contribution is 5.72. The van der Waals surface area contributed by atoms with Gasteiger partial charge in [-0.1, -0.05) is 178 Å². The average molecular weight is 859 g/mol. The molecule has 0 aliphatic heterocycles. The molecule has 354 valence electrons. The van der Waals surface area contributed by atoms with Gasteiger partial charge < -0.3 is 23.8 Å². The van der Waals surface area contributed by atoms with Crippen LogP contribution in [0.2, 0.25) is 0 Å². The van der Waals surface area contributed by atoms with Gasteiger partial charge in [-0.25, -0.2) is 4.79 Å². The van der Waals surface area contributed by atoms with E-state index in [1.54, 1.807) is 0 Å². The SMILES string of the molecule is CCCCC/C=C/C=C/CCCCCCCCC(=O)OCC(COCCC(C(=O)O)[N+](C)(C)C)OC(=O)CCCCCCCCC/C=C/C/C=C/CCCCCCCCCC. The Hall–Kier alpha value is -2.71. The predicted molar refractivity (Wildman–Crippen MR) is 257 cm³/mol. The normalized spacial score (nSPS) is 13.3. The minimum Gasteiger partial charge on any atom is -0.477 e. The van der Waals surface area contributed by atoms with Gasteiger partial charge in [-0.05, 0) is 70.6 Å². The lowest BCUT2D eigenvalue weighted by atomic mass is 10.1. The van der Waals surface area contributed by atoms with Crippen LogP contribution in [0.25, 0.3) is 0 Å². The van der Waals surface area contributed by atoms with Crippen LogP contribution in [0.1, 0.15) is 219 Å². The van der Waals surface area contributed by atoms with Crippen LogP contribution >= 0.6 is 0 Å². The molecule has 0 saturated carbocycles. The van der Waals surface area contributed by atoms with Crippen molar-refractivity contribution in [2.45, 2.75) is 231 Å². The lowest BCUT2D eigenvalue weighted by Crippen LogP contribution is -2.50. The summed E-state index contributed by atoms with van der Waals surface area (Å²) in [5.41, 5.74) is 0. The maximum atomic E-state index is 12.8. The fraction of sp³-hybridized carbons (Fsp3) is 0.792. The summed E-state index contributed by atoms with van der Waals surface area (Å²) in [5, 5.41) is 9.64. The number of allylic oxidation sites excluding steroid dienone is 8. The molecule has 61 heavy (non-hydrogen) atoms. The number of carboxylic acids is 1. The smallest absolute Gasteiger partial charge is 0.362 e. The van der Waals surface area contributed by atoms with Gasteiger partial charge >= 0.3 is 17.9 Å². The topological polar surface area (TPSA) is 99.1 Å². The Labute approximate surface area is 376 Å². The summed E-state index contributed by atoms with van der Waals surface area (Å²) >= 11 is 0. The second-order valence-corrected chi connectivity index (χ2v) is 18.1. The Kier molecular flexibility index (Phi) is 42.0. The molecule has 0 aliphatic carbocycles. The number of aliphatic carboxylic acids is 1. The van der Waals surface area contributed by atoms with Gasteiger partial charge in [0.15, 0.2) is 12.1 Å². The first-order valence-corrected chi connectivity index (χ1v) is 25.2. The Bertz CT molecular complexity index is 1140. The third-order valence-corrected chi connectivity index (χ3v) is 11.2. The Balaban J connectivity index is 4.28. The first kappa shape index (κ1) is 58.3. The largest absolute Gasteiger partial charge is 0.477 e. The van der Waals surface area contributed by atoms with Crippen LogP contribution in [0.15, 0.2) is 48.6 Å². The number of hydrogen-bond donors (Lipinski definition) is 1. The molecule has 0 saturated heterocycles. The molecule has 0 fully saturated rings. The van der Waals surface area contributed by atoms with Gasteiger partial charge in [0, 0.05) is 19.3 Å². The number of ether oxygens (including phenoxy) is 3. The monoisotopic (exact) mass is 859 g/mol. The lowest BCUT2D eigenvalue weighted by Gasteiger charge is -2.31. The molecule has 8 heteroatoms. The number of carbonyl (C=O) groups excluding carboxylic acids is 2. The molecule has 0 spiro atoms. The molecule has 0 amide bonds. The van der Waals surface area contributed by atoms with Crippen molar-refractivity contribution in [2.75, 3.05) is 41.0 Å². The van der Waals surface area contributed by atoms with E-state index in [2.05, 4.69) is 62.5 Å². The van der Waals surface area contributed by atoms with E-state index in [9.17, 15) is 19.5 Å². The first-order valence-electron chi connectivity index (χ1n) is 25.2. The summed E-state index contributed by atoms with van der Waals surface area (Å²) in [6.45, 7) is 4.70. The lowest BCUT2D eigenvalue weighted by molar-refractivity contribution is -0.887. The molecule has 0 heterocycles. The van der Waals surface area contributed by atoms with E-state index in [4.69, 9.17) is 14.2 Å². The number of carbonyl (C=O) groups is 3. The standard InChI is InChI=1S/C53H95NO7/c1-6-8-10-12-14-16-18-20-22-23-24-25-26-27-28-30-32-34-36-38-40-42-44-52(56)61-49(47-59-46-45-50(53(57)58)54(3,4)5)48-60-51(55)43-41-39-37-35-33-31-29-21-19-17-15-13-11-9-7-2/h15,17,19,21,23-24,26-27,49-50H,6-14,16,18,20,22,25,28-48H2,1-5H3/p+1/b17-15+,21-19+,24-23+,27-26+. The summed E-state index contributed by atoms with van der Waals surface area (Å²) in [6, 6.07) is -0.619. The molecule has 1 N–H and O–H groups in total. The van der Waals surface area contributed by atoms with Crippen molar-refractivity contribution in [3.8, 4) is 0 Å². The summed E-state index contributed by atoms with van der Waals surface area (Å²) in [7, 11) is 5.53. The molecule has 2 unspecified atom stereocenters. The Morgan fingerprint density at radius 3 is 1.39 bits per heavy atom. The molecule has 0 rings (SSSR count).